The van der Waals surface area contributed by atoms with Gasteiger partial charge in [0.25, 0.3) is 0 Å². The van der Waals surface area contributed by atoms with Crippen molar-refractivity contribution >= 4 is 29.5 Å². The Kier molecular flexibility index (Phi) is 7.97. The molecule has 1 N–H and O–H groups in total. The molecule has 0 saturated heterocycles. The molecule has 6 nitrogen and oxygen atoms in total. The predicted molar refractivity (Wildman–Crippen MR) is 161 cm³/mol. The highest BCUT2D eigenvalue weighted by molar-refractivity contribution is 5.95. The first-order valence-corrected chi connectivity index (χ1v) is 13.1. The van der Waals surface area contributed by atoms with Crippen molar-refractivity contribution in [1.82, 2.24) is 4.57 Å². The molecule has 0 bridgehead atoms. The fourth-order valence-corrected chi connectivity index (χ4v) is 4.55. The van der Waals surface area contributed by atoms with Crippen LogP contribution >= 0.6 is 0 Å². The molecule has 5 aromatic rings. The van der Waals surface area contributed by atoms with Gasteiger partial charge in [-0.05, 0) is 72.6 Å². The van der Waals surface area contributed by atoms with Crippen LogP contribution in [0.4, 0.5) is 11.4 Å². The second kappa shape index (κ2) is 12.1. The van der Waals surface area contributed by atoms with Crippen LogP contribution in [0.5, 0.6) is 0 Å². The molecule has 40 heavy (non-hydrogen) atoms. The van der Waals surface area contributed by atoms with Gasteiger partial charge >= 0.3 is 5.97 Å². The second-order valence-corrected chi connectivity index (χ2v) is 9.15. The van der Waals surface area contributed by atoms with Gasteiger partial charge in [-0.3, -0.25) is 9.79 Å². The quantitative estimate of drug-likeness (QED) is 0.166. The molecule has 0 spiro atoms. The molecule has 0 unspecified atom stereocenters. The van der Waals surface area contributed by atoms with E-state index in [2.05, 4.69) is 40.2 Å². The fraction of sp³-hybridized carbons (Fsp3) is 0.0882. The van der Waals surface area contributed by atoms with E-state index in [1.54, 1.807) is 19.1 Å². The summed E-state index contributed by atoms with van der Waals surface area (Å²) in [4.78, 5) is 28.4. The van der Waals surface area contributed by atoms with Crippen molar-refractivity contribution in [1.29, 1.82) is 0 Å². The van der Waals surface area contributed by atoms with Gasteiger partial charge in [-0.2, -0.15) is 0 Å². The molecule has 0 atom stereocenters. The van der Waals surface area contributed by atoms with Gasteiger partial charge in [0.1, 0.15) is 0 Å². The Morgan fingerprint density at radius 2 is 1.45 bits per heavy atom. The maximum atomic E-state index is 12.3. The van der Waals surface area contributed by atoms with E-state index in [9.17, 15) is 9.59 Å². The van der Waals surface area contributed by atoms with Crippen LogP contribution in [0.1, 0.15) is 29.8 Å². The van der Waals surface area contributed by atoms with E-state index in [4.69, 9.17) is 9.73 Å². The van der Waals surface area contributed by atoms with Crippen molar-refractivity contribution in [2.75, 3.05) is 11.9 Å². The highest BCUT2D eigenvalue weighted by Gasteiger charge is 2.19. The van der Waals surface area contributed by atoms with Gasteiger partial charge in [0.05, 0.1) is 29.2 Å². The highest BCUT2D eigenvalue weighted by Crippen LogP contribution is 2.36. The van der Waals surface area contributed by atoms with Crippen LogP contribution < -0.4 is 5.32 Å². The molecular formula is C34H29N3O3. The maximum Gasteiger partial charge on any atom is 0.338 e. The minimum atomic E-state index is -0.342. The standard InChI is InChI=1S/C34H29N3O3/c1-3-40-34(39)27-14-20-31(21-15-27)37-32(25-10-6-4-7-11-25)22-28(33(37)26-12-8-5-9-13-26)23-35-29-16-18-30(19-17-29)36-24(2)38/h4-23H,3H2,1-2H3,(H,36,38). The lowest BCUT2D eigenvalue weighted by Gasteiger charge is -2.15. The van der Waals surface area contributed by atoms with Crippen molar-refractivity contribution in [2.45, 2.75) is 13.8 Å². The van der Waals surface area contributed by atoms with Crippen LogP contribution in [0, 0.1) is 0 Å². The maximum absolute atomic E-state index is 12.3. The first kappa shape index (κ1) is 26.4. The molecule has 0 radical (unpaired) electrons. The first-order chi connectivity index (χ1) is 19.5. The number of ether oxygens (including phenoxy) is 1. The number of benzene rings is 4. The molecule has 0 aliphatic heterocycles. The zero-order valence-electron chi connectivity index (χ0n) is 22.4. The van der Waals surface area contributed by atoms with Crippen LogP contribution in [0.2, 0.25) is 0 Å². The molecule has 0 fully saturated rings. The molecule has 0 aliphatic rings. The van der Waals surface area contributed by atoms with Gasteiger partial charge in [-0.1, -0.05) is 60.7 Å². The van der Waals surface area contributed by atoms with E-state index in [-0.39, 0.29) is 11.9 Å². The Balaban J connectivity index is 1.65. The van der Waals surface area contributed by atoms with E-state index in [1.807, 2.05) is 79.0 Å². The highest BCUT2D eigenvalue weighted by atomic mass is 16.5. The van der Waals surface area contributed by atoms with E-state index < -0.39 is 0 Å². The summed E-state index contributed by atoms with van der Waals surface area (Å²) in [5, 5.41) is 2.78. The zero-order chi connectivity index (χ0) is 27.9. The number of esters is 1. The summed E-state index contributed by atoms with van der Waals surface area (Å²) in [5.41, 5.74) is 7.88. The average molecular weight is 528 g/mol. The van der Waals surface area contributed by atoms with Gasteiger partial charge in [0.2, 0.25) is 5.91 Å². The minimum Gasteiger partial charge on any atom is -0.462 e. The van der Waals surface area contributed by atoms with Crippen LogP contribution in [-0.2, 0) is 9.53 Å². The topological polar surface area (TPSA) is 72.7 Å². The van der Waals surface area contributed by atoms with Crippen molar-refractivity contribution in [2.24, 2.45) is 4.99 Å². The predicted octanol–water partition coefficient (Wildman–Crippen LogP) is 7.70. The number of rotatable bonds is 8. The normalized spacial score (nSPS) is 10.9. The molecule has 1 amide bonds. The van der Waals surface area contributed by atoms with E-state index in [1.165, 1.54) is 6.92 Å². The Morgan fingerprint density at radius 1 is 0.825 bits per heavy atom. The number of hydrogen-bond donors (Lipinski definition) is 1. The summed E-state index contributed by atoms with van der Waals surface area (Å²) in [6.07, 6.45) is 1.87. The molecule has 198 valence electrons. The summed E-state index contributed by atoms with van der Waals surface area (Å²) in [6, 6.07) is 37.4. The number of carbonyl (C=O) groups excluding carboxylic acids is 2. The summed E-state index contributed by atoms with van der Waals surface area (Å²) in [6.45, 7) is 3.61. The number of carbonyl (C=O) groups is 2. The van der Waals surface area contributed by atoms with Gasteiger partial charge in [0, 0.05) is 30.1 Å². The van der Waals surface area contributed by atoms with Crippen molar-refractivity contribution in [3.8, 4) is 28.2 Å². The Morgan fingerprint density at radius 3 is 2.05 bits per heavy atom. The third kappa shape index (κ3) is 5.92. The smallest absolute Gasteiger partial charge is 0.338 e. The molecule has 1 heterocycles. The van der Waals surface area contributed by atoms with Crippen molar-refractivity contribution in [3.63, 3.8) is 0 Å². The Labute approximate surface area is 233 Å². The first-order valence-electron chi connectivity index (χ1n) is 13.1. The average Bonchev–Trinajstić information content (AvgIpc) is 3.37. The van der Waals surface area contributed by atoms with Gasteiger partial charge in [-0.15, -0.1) is 0 Å². The lowest BCUT2D eigenvalue weighted by molar-refractivity contribution is -0.114. The van der Waals surface area contributed by atoms with Gasteiger partial charge in [-0.25, -0.2) is 4.79 Å². The van der Waals surface area contributed by atoms with E-state index >= 15 is 0 Å². The minimum absolute atomic E-state index is 0.117. The summed E-state index contributed by atoms with van der Waals surface area (Å²) < 4.78 is 7.38. The van der Waals surface area contributed by atoms with Crippen LogP contribution in [-0.4, -0.2) is 29.3 Å². The summed E-state index contributed by atoms with van der Waals surface area (Å²) in [7, 11) is 0. The van der Waals surface area contributed by atoms with Crippen LogP contribution in [0.15, 0.2) is 120 Å². The van der Waals surface area contributed by atoms with Crippen molar-refractivity contribution in [3.05, 3.63) is 126 Å². The Bertz CT molecular complexity index is 1640. The molecule has 0 aliphatic carbocycles. The molecule has 4 aromatic carbocycles. The lowest BCUT2D eigenvalue weighted by Crippen LogP contribution is -2.05. The summed E-state index contributed by atoms with van der Waals surface area (Å²) in [5.74, 6) is -0.459. The van der Waals surface area contributed by atoms with Crippen LogP contribution in [0.25, 0.3) is 28.2 Å². The monoisotopic (exact) mass is 527 g/mol. The number of aromatic nitrogens is 1. The van der Waals surface area contributed by atoms with Crippen molar-refractivity contribution < 1.29 is 14.3 Å². The molecule has 1 aromatic heterocycles. The molecular weight excluding hydrogens is 498 g/mol. The zero-order valence-corrected chi connectivity index (χ0v) is 22.4. The van der Waals surface area contributed by atoms with E-state index in [0.717, 1.165) is 45.1 Å². The SMILES string of the molecule is CCOC(=O)c1ccc(-n2c(-c3ccccc3)cc(C=Nc3ccc(NC(C)=O)cc3)c2-c2ccccc2)cc1. The second-order valence-electron chi connectivity index (χ2n) is 9.15. The number of aliphatic imine (C=N–C) groups is 1. The molecule has 5 rings (SSSR count). The Hall–Kier alpha value is -5.23. The molecule has 0 saturated carbocycles. The van der Waals surface area contributed by atoms with Crippen LogP contribution in [0.3, 0.4) is 0 Å². The van der Waals surface area contributed by atoms with E-state index in [0.29, 0.717) is 12.2 Å². The number of anilines is 1. The number of nitrogens with one attached hydrogen (secondary N) is 1. The number of nitrogens with zero attached hydrogens (tertiary/aromatic N) is 2. The third-order valence-corrected chi connectivity index (χ3v) is 6.32. The number of amides is 1. The fourth-order valence-electron chi connectivity index (χ4n) is 4.55. The van der Waals surface area contributed by atoms with Gasteiger partial charge < -0.3 is 14.6 Å². The molecule has 6 heteroatoms. The van der Waals surface area contributed by atoms with Gasteiger partial charge in [0.15, 0.2) is 0 Å². The third-order valence-electron chi connectivity index (χ3n) is 6.32. The number of hydrogen-bond acceptors (Lipinski definition) is 4. The summed E-state index contributed by atoms with van der Waals surface area (Å²) >= 11 is 0. The lowest BCUT2D eigenvalue weighted by atomic mass is 10.1. The largest absolute Gasteiger partial charge is 0.462 e.